The molecule has 0 saturated carbocycles. The van der Waals surface area contributed by atoms with Gasteiger partial charge in [-0.25, -0.2) is 9.97 Å². The molecule has 1 aromatic carbocycles. The van der Waals surface area contributed by atoms with Crippen LogP contribution in [-0.2, 0) is 0 Å². The van der Waals surface area contributed by atoms with E-state index in [1.807, 2.05) is 18.2 Å². The number of benzene rings is 1. The van der Waals surface area contributed by atoms with Crippen molar-refractivity contribution in [2.75, 3.05) is 7.11 Å². The van der Waals surface area contributed by atoms with E-state index in [4.69, 9.17) is 4.74 Å². The Kier molecular flexibility index (Phi) is 3.63. The number of H-pyrrole nitrogens is 1. The molecule has 2 heterocycles. The van der Waals surface area contributed by atoms with Crippen LogP contribution in [0.5, 0.6) is 5.88 Å². The molecule has 0 aliphatic carbocycles. The third-order valence-electron chi connectivity index (χ3n) is 3.57. The summed E-state index contributed by atoms with van der Waals surface area (Å²) in [5.74, 6) is 1.30. The first-order valence-corrected chi connectivity index (χ1v) is 7.14. The van der Waals surface area contributed by atoms with E-state index in [0.717, 1.165) is 11.1 Å². The van der Waals surface area contributed by atoms with Gasteiger partial charge in [0.05, 0.1) is 12.6 Å². The Morgan fingerprint density at radius 1 is 1.09 bits per heavy atom. The van der Waals surface area contributed by atoms with Crippen LogP contribution in [0.4, 0.5) is 0 Å². The van der Waals surface area contributed by atoms with Gasteiger partial charge in [0, 0.05) is 11.6 Å². The number of nitrogens with zero attached hydrogens (tertiary/aromatic N) is 2. The SMILES string of the molecule is COc1ccc2nc(-c3ccccc3C(C)C)[nH]c(=O)c2n1. The number of hydrogen-bond donors (Lipinski definition) is 1. The maximum atomic E-state index is 12.3. The fourth-order valence-electron chi connectivity index (χ4n) is 2.46. The summed E-state index contributed by atoms with van der Waals surface area (Å²) in [5.41, 5.74) is 2.65. The van der Waals surface area contributed by atoms with Crippen LogP contribution in [0.15, 0.2) is 41.2 Å². The number of hydrogen-bond acceptors (Lipinski definition) is 4. The molecule has 0 fully saturated rings. The summed E-state index contributed by atoms with van der Waals surface area (Å²) in [7, 11) is 1.52. The van der Waals surface area contributed by atoms with Crippen molar-refractivity contribution in [3.05, 3.63) is 52.3 Å². The first kappa shape index (κ1) is 14.3. The molecule has 0 radical (unpaired) electrons. The van der Waals surface area contributed by atoms with Crippen molar-refractivity contribution in [3.63, 3.8) is 0 Å². The molecular formula is C17H17N3O2. The van der Waals surface area contributed by atoms with Crippen molar-refractivity contribution in [3.8, 4) is 17.3 Å². The maximum absolute atomic E-state index is 12.3. The molecule has 5 heteroatoms. The molecule has 0 aliphatic rings. The van der Waals surface area contributed by atoms with Gasteiger partial charge in [0.25, 0.3) is 5.56 Å². The van der Waals surface area contributed by atoms with E-state index < -0.39 is 0 Å². The summed E-state index contributed by atoms with van der Waals surface area (Å²) in [6.07, 6.45) is 0. The Labute approximate surface area is 128 Å². The highest BCUT2D eigenvalue weighted by Gasteiger charge is 2.12. The molecule has 0 bridgehead atoms. The van der Waals surface area contributed by atoms with Gasteiger partial charge in [-0.15, -0.1) is 0 Å². The largest absolute Gasteiger partial charge is 0.481 e. The average Bonchev–Trinajstić information content (AvgIpc) is 2.54. The third kappa shape index (κ3) is 2.45. The molecule has 2 aromatic heterocycles. The highest BCUT2D eigenvalue weighted by Crippen LogP contribution is 2.26. The van der Waals surface area contributed by atoms with Crippen LogP contribution >= 0.6 is 0 Å². The predicted molar refractivity (Wildman–Crippen MR) is 86.2 cm³/mol. The van der Waals surface area contributed by atoms with Crippen molar-refractivity contribution in [1.82, 2.24) is 15.0 Å². The molecule has 0 saturated heterocycles. The van der Waals surface area contributed by atoms with Crippen molar-refractivity contribution >= 4 is 11.0 Å². The lowest BCUT2D eigenvalue weighted by atomic mass is 9.97. The molecule has 1 N–H and O–H groups in total. The van der Waals surface area contributed by atoms with Crippen LogP contribution in [0.1, 0.15) is 25.3 Å². The molecule has 3 aromatic rings. The van der Waals surface area contributed by atoms with Crippen molar-refractivity contribution in [1.29, 1.82) is 0 Å². The summed E-state index contributed by atoms with van der Waals surface area (Å²) >= 11 is 0. The molecule has 112 valence electrons. The fourth-order valence-corrected chi connectivity index (χ4v) is 2.46. The zero-order valence-corrected chi connectivity index (χ0v) is 12.8. The average molecular weight is 295 g/mol. The van der Waals surface area contributed by atoms with Gasteiger partial charge in [0.15, 0.2) is 5.52 Å². The van der Waals surface area contributed by atoms with Gasteiger partial charge in [-0.05, 0) is 17.5 Å². The topological polar surface area (TPSA) is 67.9 Å². The van der Waals surface area contributed by atoms with Crippen LogP contribution < -0.4 is 10.3 Å². The normalized spacial score (nSPS) is 11.1. The maximum Gasteiger partial charge on any atom is 0.277 e. The molecule has 5 nitrogen and oxygen atoms in total. The fraction of sp³-hybridized carbons (Fsp3) is 0.235. The van der Waals surface area contributed by atoms with E-state index >= 15 is 0 Å². The summed E-state index contributed by atoms with van der Waals surface area (Å²) < 4.78 is 5.05. The minimum absolute atomic E-state index is 0.266. The molecule has 0 unspecified atom stereocenters. The van der Waals surface area contributed by atoms with Gasteiger partial charge < -0.3 is 9.72 Å². The molecule has 0 amide bonds. The molecule has 0 atom stereocenters. The van der Waals surface area contributed by atoms with Gasteiger partial charge in [0.2, 0.25) is 5.88 Å². The summed E-state index contributed by atoms with van der Waals surface area (Å²) in [6.45, 7) is 4.23. The zero-order valence-electron chi connectivity index (χ0n) is 12.8. The first-order valence-electron chi connectivity index (χ1n) is 7.14. The lowest BCUT2D eigenvalue weighted by Crippen LogP contribution is -2.12. The quantitative estimate of drug-likeness (QED) is 0.806. The summed E-state index contributed by atoms with van der Waals surface area (Å²) in [4.78, 5) is 23.8. The Bertz CT molecular complexity index is 884. The summed E-state index contributed by atoms with van der Waals surface area (Å²) in [5, 5.41) is 0. The van der Waals surface area contributed by atoms with Gasteiger partial charge in [-0.1, -0.05) is 38.1 Å². The Morgan fingerprint density at radius 2 is 1.86 bits per heavy atom. The van der Waals surface area contributed by atoms with Gasteiger partial charge in [-0.2, -0.15) is 0 Å². The van der Waals surface area contributed by atoms with Crippen LogP contribution in [0.2, 0.25) is 0 Å². The number of aromatic nitrogens is 3. The second kappa shape index (κ2) is 5.60. The molecular weight excluding hydrogens is 278 g/mol. The van der Waals surface area contributed by atoms with Crippen LogP contribution in [0.25, 0.3) is 22.4 Å². The van der Waals surface area contributed by atoms with Crippen LogP contribution in [0.3, 0.4) is 0 Å². The monoisotopic (exact) mass is 295 g/mol. The third-order valence-corrected chi connectivity index (χ3v) is 3.57. The van der Waals surface area contributed by atoms with Crippen molar-refractivity contribution in [2.24, 2.45) is 0 Å². The van der Waals surface area contributed by atoms with Gasteiger partial charge in [0.1, 0.15) is 5.82 Å². The van der Waals surface area contributed by atoms with Crippen molar-refractivity contribution < 1.29 is 4.74 Å². The zero-order chi connectivity index (χ0) is 15.7. The molecule has 22 heavy (non-hydrogen) atoms. The predicted octanol–water partition coefficient (Wildman–Crippen LogP) is 3.12. The van der Waals surface area contributed by atoms with E-state index in [1.165, 1.54) is 7.11 Å². The van der Waals surface area contributed by atoms with Gasteiger partial charge >= 0.3 is 0 Å². The van der Waals surface area contributed by atoms with E-state index in [1.54, 1.807) is 12.1 Å². The van der Waals surface area contributed by atoms with E-state index in [-0.39, 0.29) is 11.1 Å². The minimum atomic E-state index is -0.266. The van der Waals surface area contributed by atoms with E-state index in [0.29, 0.717) is 23.1 Å². The van der Waals surface area contributed by atoms with Crippen LogP contribution in [-0.4, -0.2) is 22.1 Å². The highest BCUT2D eigenvalue weighted by molar-refractivity contribution is 5.76. The standard InChI is InChI=1S/C17H17N3O2/c1-10(2)11-6-4-5-7-12(11)16-18-13-8-9-14(22-3)19-15(13)17(21)20-16/h4-10H,1-3H3,(H,18,20,21). The molecule has 3 rings (SSSR count). The number of aromatic amines is 1. The van der Waals surface area contributed by atoms with Crippen LogP contribution in [0, 0.1) is 0 Å². The number of rotatable bonds is 3. The Balaban J connectivity index is 2.24. The molecule has 0 spiro atoms. The number of ether oxygens (including phenoxy) is 1. The lowest BCUT2D eigenvalue weighted by molar-refractivity contribution is 0.399. The summed E-state index contributed by atoms with van der Waals surface area (Å²) in [6, 6.07) is 11.4. The smallest absolute Gasteiger partial charge is 0.277 e. The second-order valence-corrected chi connectivity index (χ2v) is 5.38. The van der Waals surface area contributed by atoms with E-state index in [2.05, 4.69) is 34.9 Å². The van der Waals surface area contributed by atoms with Crippen molar-refractivity contribution in [2.45, 2.75) is 19.8 Å². The lowest BCUT2D eigenvalue weighted by Gasteiger charge is -2.12. The number of methoxy groups -OCH3 is 1. The molecule has 0 aliphatic heterocycles. The minimum Gasteiger partial charge on any atom is -0.481 e. The Hall–Kier alpha value is -2.69. The highest BCUT2D eigenvalue weighted by atomic mass is 16.5. The Morgan fingerprint density at radius 3 is 2.59 bits per heavy atom. The number of pyridine rings is 1. The number of fused-ring (bicyclic) bond motifs is 1. The second-order valence-electron chi connectivity index (χ2n) is 5.38. The van der Waals surface area contributed by atoms with Gasteiger partial charge in [-0.3, -0.25) is 4.79 Å². The first-order chi connectivity index (χ1) is 10.6. The number of nitrogens with one attached hydrogen (secondary N) is 1. The van der Waals surface area contributed by atoms with E-state index in [9.17, 15) is 4.79 Å².